The fourth-order valence-corrected chi connectivity index (χ4v) is 3.50. The molecule has 3 rings (SSSR count). The molecule has 136 valence electrons. The van der Waals surface area contributed by atoms with Crippen molar-refractivity contribution in [3.8, 4) is 0 Å². The van der Waals surface area contributed by atoms with E-state index in [0.29, 0.717) is 21.0 Å². The average molecular weight is 394 g/mol. The number of ether oxygens (including phenoxy) is 1. The number of carbonyl (C=O) groups is 2. The van der Waals surface area contributed by atoms with Crippen LogP contribution in [0, 0.1) is 0 Å². The molecule has 0 N–H and O–H groups in total. The minimum atomic E-state index is -0.572. The van der Waals surface area contributed by atoms with Crippen molar-refractivity contribution in [1.29, 1.82) is 0 Å². The van der Waals surface area contributed by atoms with E-state index in [9.17, 15) is 14.4 Å². The van der Waals surface area contributed by atoms with Crippen molar-refractivity contribution in [2.45, 2.75) is 26.3 Å². The lowest BCUT2D eigenvalue weighted by Crippen LogP contribution is -2.19. The first kappa shape index (κ1) is 18.4. The number of Topliss-reactive ketones (excluding diaryl/α,β-unsaturated/α-hetero) is 1. The van der Waals surface area contributed by atoms with Crippen LogP contribution in [0.5, 0.6) is 0 Å². The van der Waals surface area contributed by atoms with Crippen LogP contribution >= 0.6 is 22.9 Å². The molecule has 0 aliphatic carbocycles. The van der Waals surface area contributed by atoms with Gasteiger partial charge in [0.05, 0.1) is 16.8 Å². The van der Waals surface area contributed by atoms with Crippen LogP contribution in [-0.2, 0) is 22.5 Å². The van der Waals surface area contributed by atoms with Crippen LogP contribution in [0.2, 0.25) is 5.02 Å². The number of carbonyl (C=O) groups excluding carboxylic acids is 2. The normalized spacial score (nSPS) is 11.0. The Morgan fingerprint density at radius 1 is 1.27 bits per heavy atom. The molecule has 0 saturated heterocycles. The average Bonchev–Trinajstić information content (AvgIpc) is 3.21. The monoisotopic (exact) mass is 393 g/mol. The first-order valence-corrected chi connectivity index (χ1v) is 9.24. The minimum Gasteiger partial charge on any atom is -0.457 e. The van der Waals surface area contributed by atoms with Crippen LogP contribution in [0.15, 0.2) is 39.5 Å². The smallest absolute Gasteiger partial charge is 0.419 e. The summed E-state index contributed by atoms with van der Waals surface area (Å²) >= 11 is 7.26. The van der Waals surface area contributed by atoms with E-state index in [1.165, 1.54) is 22.0 Å². The van der Waals surface area contributed by atoms with Gasteiger partial charge >= 0.3 is 11.7 Å². The molecule has 0 radical (unpaired) electrons. The van der Waals surface area contributed by atoms with Gasteiger partial charge in [-0.25, -0.2) is 4.79 Å². The predicted molar refractivity (Wildman–Crippen MR) is 99.1 cm³/mol. The Balaban J connectivity index is 1.57. The summed E-state index contributed by atoms with van der Waals surface area (Å²) in [6, 6.07) is 8.46. The Bertz CT molecular complexity index is 1020. The summed E-state index contributed by atoms with van der Waals surface area (Å²) in [5, 5.41) is 0.455. The summed E-state index contributed by atoms with van der Waals surface area (Å²) < 4.78 is 11.5. The molecule has 2 aromatic heterocycles. The van der Waals surface area contributed by atoms with Crippen LogP contribution in [0.3, 0.4) is 0 Å². The van der Waals surface area contributed by atoms with Gasteiger partial charge in [-0.15, -0.1) is 11.3 Å². The first-order valence-electron chi connectivity index (χ1n) is 8.04. The maximum Gasteiger partial charge on any atom is 0.419 e. The molecule has 0 atom stereocenters. The van der Waals surface area contributed by atoms with Crippen molar-refractivity contribution in [2.75, 3.05) is 6.61 Å². The van der Waals surface area contributed by atoms with E-state index < -0.39 is 11.7 Å². The second-order valence-electron chi connectivity index (χ2n) is 5.59. The topological polar surface area (TPSA) is 78.5 Å². The molecule has 8 heteroatoms. The number of oxazole rings is 1. The summed E-state index contributed by atoms with van der Waals surface area (Å²) in [6.07, 6.45) is 0.811. The number of hydrogen-bond acceptors (Lipinski definition) is 6. The van der Waals surface area contributed by atoms with Gasteiger partial charge in [0, 0.05) is 22.5 Å². The lowest BCUT2D eigenvalue weighted by atomic mass is 10.3. The number of nitrogens with zero attached hydrogens (tertiary/aromatic N) is 1. The number of esters is 1. The molecule has 26 heavy (non-hydrogen) atoms. The van der Waals surface area contributed by atoms with Crippen LogP contribution in [0.25, 0.3) is 11.1 Å². The van der Waals surface area contributed by atoms with Crippen molar-refractivity contribution < 1.29 is 18.7 Å². The van der Waals surface area contributed by atoms with Gasteiger partial charge in [-0.2, -0.15) is 0 Å². The standard InChI is InChI=1S/C18H16ClNO5S/c1-2-12-4-6-16(26-12)14(21)10-24-17(22)7-8-20-13-5-3-11(19)9-15(13)25-18(20)23/h3-6,9H,2,7-8,10H2,1H3. The van der Waals surface area contributed by atoms with Gasteiger partial charge in [-0.1, -0.05) is 18.5 Å². The number of rotatable bonds is 7. The third-order valence-electron chi connectivity index (χ3n) is 3.82. The zero-order valence-corrected chi connectivity index (χ0v) is 15.6. The molecule has 0 amide bonds. The van der Waals surface area contributed by atoms with Crippen LogP contribution in [0.4, 0.5) is 0 Å². The summed E-state index contributed by atoms with van der Waals surface area (Å²) in [4.78, 5) is 37.5. The SMILES string of the molecule is CCc1ccc(C(=O)COC(=O)CCn2c(=O)oc3cc(Cl)ccc32)s1. The van der Waals surface area contributed by atoms with Crippen molar-refractivity contribution in [3.63, 3.8) is 0 Å². The third-order valence-corrected chi connectivity index (χ3v) is 5.32. The fourth-order valence-electron chi connectivity index (χ4n) is 2.46. The van der Waals surface area contributed by atoms with E-state index in [1.54, 1.807) is 18.2 Å². The number of aromatic nitrogens is 1. The van der Waals surface area contributed by atoms with E-state index in [4.69, 9.17) is 20.8 Å². The van der Waals surface area contributed by atoms with E-state index >= 15 is 0 Å². The Hall–Kier alpha value is -2.38. The number of aryl methyl sites for hydroxylation is 2. The molecule has 0 unspecified atom stereocenters. The predicted octanol–water partition coefficient (Wildman–Crippen LogP) is 3.69. The summed E-state index contributed by atoms with van der Waals surface area (Å²) in [6.45, 7) is 1.80. The second kappa shape index (κ2) is 7.88. The molecule has 6 nitrogen and oxygen atoms in total. The Kier molecular flexibility index (Phi) is 5.58. The van der Waals surface area contributed by atoms with Gasteiger partial charge < -0.3 is 9.15 Å². The molecule has 1 aromatic carbocycles. The molecular weight excluding hydrogens is 378 g/mol. The van der Waals surface area contributed by atoms with Gasteiger partial charge in [0.25, 0.3) is 0 Å². The highest BCUT2D eigenvalue weighted by molar-refractivity contribution is 7.14. The van der Waals surface area contributed by atoms with Gasteiger partial charge in [-0.3, -0.25) is 14.2 Å². The maximum atomic E-state index is 12.0. The van der Waals surface area contributed by atoms with Crippen LogP contribution in [0.1, 0.15) is 27.9 Å². The lowest BCUT2D eigenvalue weighted by Gasteiger charge is -2.04. The quantitative estimate of drug-likeness (QED) is 0.452. The van der Waals surface area contributed by atoms with Crippen molar-refractivity contribution in [3.05, 3.63) is 55.7 Å². The molecule has 0 saturated carbocycles. The Morgan fingerprint density at radius 3 is 2.81 bits per heavy atom. The number of thiophene rings is 1. The lowest BCUT2D eigenvalue weighted by molar-refractivity contribution is -0.142. The van der Waals surface area contributed by atoms with Crippen molar-refractivity contribution in [1.82, 2.24) is 4.57 Å². The highest BCUT2D eigenvalue weighted by Crippen LogP contribution is 2.19. The van der Waals surface area contributed by atoms with E-state index in [-0.39, 0.29) is 25.4 Å². The molecule has 0 aliphatic rings. The van der Waals surface area contributed by atoms with Gasteiger partial charge in [0.2, 0.25) is 5.78 Å². The van der Waals surface area contributed by atoms with E-state index in [1.807, 2.05) is 13.0 Å². The molecule has 0 spiro atoms. The van der Waals surface area contributed by atoms with E-state index in [2.05, 4.69) is 0 Å². The van der Waals surface area contributed by atoms with Gasteiger partial charge in [-0.05, 0) is 30.7 Å². The zero-order valence-electron chi connectivity index (χ0n) is 14.0. The van der Waals surface area contributed by atoms with Crippen LogP contribution in [-0.4, -0.2) is 22.9 Å². The van der Waals surface area contributed by atoms with Crippen LogP contribution < -0.4 is 5.76 Å². The van der Waals surface area contributed by atoms with E-state index in [0.717, 1.165) is 11.3 Å². The molecule has 0 bridgehead atoms. The Labute approximate surface area is 157 Å². The van der Waals surface area contributed by atoms with Crippen molar-refractivity contribution >= 4 is 45.8 Å². The highest BCUT2D eigenvalue weighted by atomic mass is 35.5. The third kappa shape index (κ3) is 4.05. The first-order chi connectivity index (χ1) is 12.5. The maximum absolute atomic E-state index is 12.0. The highest BCUT2D eigenvalue weighted by Gasteiger charge is 2.14. The number of ketones is 1. The molecule has 3 aromatic rings. The summed E-state index contributed by atoms with van der Waals surface area (Å²) in [7, 11) is 0. The number of fused-ring (bicyclic) bond motifs is 1. The second-order valence-corrected chi connectivity index (χ2v) is 7.19. The van der Waals surface area contributed by atoms with Gasteiger partial charge in [0.1, 0.15) is 0 Å². The Morgan fingerprint density at radius 2 is 2.08 bits per heavy atom. The van der Waals surface area contributed by atoms with Crippen molar-refractivity contribution in [2.24, 2.45) is 0 Å². The largest absolute Gasteiger partial charge is 0.457 e. The number of hydrogen-bond donors (Lipinski definition) is 0. The molecule has 2 heterocycles. The molecule has 0 aliphatic heterocycles. The number of benzene rings is 1. The summed E-state index contributed by atoms with van der Waals surface area (Å²) in [5.74, 6) is -1.36. The summed E-state index contributed by atoms with van der Waals surface area (Å²) in [5.41, 5.74) is 0.907. The fraction of sp³-hybridized carbons (Fsp3) is 0.278. The zero-order chi connectivity index (χ0) is 18.7. The molecular formula is C18H16ClNO5S. The molecule has 0 fully saturated rings. The minimum absolute atomic E-state index is 0.0465. The van der Waals surface area contributed by atoms with Gasteiger partial charge in [0.15, 0.2) is 12.2 Å². The number of halogens is 1.